The molecule has 1 N–H and O–H groups in total. The van der Waals surface area contributed by atoms with Crippen LogP contribution in [0.2, 0.25) is 0 Å². The molecule has 2 heterocycles. The third-order valence-corrected chi connectivity index (χ3v) is 2.72. The molecule has 2 rings (SSSR count). The van der Waals surface area contributed by atoms with Crippen molar-refractivity contribution in [2.24, 2.45) is 0 Å². The maximum absolute atomic E-state index is 4.30. The molecule has 0 unspecified atom stereocenters. The molecule has 0 fully saturated rings. The Balaban J connectivity index is 2.38. The van der Waals surface area contributed by atoms with Crippen molar-refractivity contribution in [2.45, 2.75) is 39.7 Å². The second kappa shape index (κ2) is 4.47. The second-order valence-corrected chi connectivity index (χ2v) is 3.91. The Labute approximate surface area is 94.9 Å². The summed E-state index contributed by atoms with van der Waals surface area (Å²) < 4.78 is 1.74. The van der Waals surface area contributed by atoms with Crippen molar-refractivity contribution in [3.05, 3.63) is 18.1 Å². The van der Waals surface area contributed by atoms with Crippen LogP contribution in [-0.4, -0.2) is 25.6 Å². The normalized spacial score (nSPS) is 11.2. The summed E-state index contributed by atoms with van der Waals surface area (Å²) in [5, 5.41) is 7.63. The lowest BCUT2D eigenvalue weighted by Crippen LogP contribution is -2.19. The number of hydrogen-bond donors (Lipinski definition) is 1. The zero-order valence-corrected chi connectivity index (χ0v) is 9.94. The van der Waals surface area contributed by atoms with Crippen LogP contribution in [0.25, 0.3) is 5.78 Å². The largest absolute Gasteiger partial charge is 0.367 e. The van der Waals surface area contributed by atoms with Gasteiger partial charge in [-0.3, -0.25) is 0 Å². The molecule has 0 saturated heterocycles. The van der Waals surface area contributed by atoms with E-state index in [1.54, 1.807) is 4.52 Å². The van der Waals surface area contributed by atoms with Crippen molar-refractivity contribution >= 4 is 11.6 Å². The van der Waals surface area contributed by atoms with E-state index in [0.717, 1.165) is 24.4 Å². The molecular weight excluding hydrogens is 202 g/mol. The van der Waals surface area contributed by atoms with E-state index in [0.29, 0.717) is 11.8 Å². The zero-order chi connectivity index (χ0) is 11.5. The van der Waals surface area contributed by atoms with Gasteiger partial charge in [0.2, 0.25) is 0 Å². The third-order valence-electron chi connectivity index (χ3n) is 2.72. The summed E-state index contributed by atoms with van der Waals surface area (Å²) in [4.78, 5) is 8.40. The number of rotatable bonds is 4. The minimum Gasteiger partial charge on any atom is -0.367 e. The van der Waals surface area contributed by atoms with E-state index in [9.17, 15) is 0 Å². The molecular formula is C11H17N5. The summed E-state index contributed by atoms with van der Waals surface area (Å²) >= 11 is 0. The van der Waals surface area contributed by atoms with Gasteiger partial charge in [-0.15, -0.1) is 0 Å². The lowest BCUT2D eigenvalue weighted by molar-refractivity contribution is 0.663. The Bertz CT molecular complexity index is 472. The van der Waals surface area contributed by atoms with Gasteiger partial charge < -0.3 is 5.32 Å². The molecule has 0 saturated carbocycles. The number of nitrogens with one attached hydrogen (secondary N) is 1. The Morgan fingerprint density at radius 3 is 2.81 bits per heavy atom. The van der Waals surface area contributed by atoms with Gasteiger partial charge in [-0.1, -0.05) is 13.8 Å². The van der Waals surface area contributed by atoms with E-state index in [2.05, 4.69) is 34.2 Å². The summed E-state index contributed by atoms with van der Waals surface area (Å²) in [6.45, 7) is 6.31. The molecule has 0 bridgehead atoms. The van der Waals surface area contributed by atoms with E-state index in [1.165, 1.54) is 6.33 Å². The smallest absolute Gasteiger partial charge is 0.254 e. The van der Waals surface area contributed by atoms with Gasteiger partial charge in [-0.25, -0.2) is 4.98 Å². The maximum Gasteiger partial charge on any atom is 0.254 e. The minimum absolute atomic E-state index is 0.467. The monoisotopic (exact) mass is 219 g/mol. The summed E-state index contributed by atoms with van der Waals surface area (Å²) in [5.74, 6) is 1.61. The van der Waals surface area contributed by atoms with E-state index in [-0.39, 0.29) is 0 Å². The number of fused-ring (bicyclic) bond motifs is 1. The molecule has 86 valence electrons. The highest BCUT2D eigenvalue weighted by atomic mass is 15.4. The summed E-state index contributed by atoms with van der Waals surface area (Å²) in [5.41, 5.74) is 0.953. The lowest BCUT2D eigenvalue weighted by atomic mass is 10.2. The number of hydrogen-bond acceptors (Lipinski definition) is 4. The summed E-state index contributed by atoms with van der Waals surface area (Å²) in [7, 11) is 0. The average Bonchev–Trinajstić information content (AvgIpc) is 2.73. The van der Waals surface area contributed by atoms with Crippen LogP contribution in [0.15, 0.2) is 12.4 Å². The van der Waals surface area contributed by atoms with Crippen LogP contribution >= 0.6 is 0 Å². The van der Waals surface area contributed by atoms with Crippen molar-refractivity contribution in [2.75, 3.05) is 5.32 Å². The molecule has 2 aromatic rings. The van der Waals surface area contributed by atoms with Gasteiger partial charge in [0.05, 0.1) is 0 Å². The molecule has 5 heteroatoms. The molecule has 0 aliphatic heterocycles. The first kappa shape index (κ1) is 10.9. The highest BCUT2D eigenvalue weighted by Crippen LogP contribution is 2.13. The fourth-order valence-corrected chi connectivity index (χ4v) is 1.74. The Morgan fingerprint density at radius 2 is 2.12 bits per heavy atom. The van der Waals surface area contributed by atoms with Crippen LogP contribution in [0.5, 0.6) is 0 Å². The van der Waals surface area contributed by atoms with E-state index in [1.807, 2.05) is 13.0 Å². The number of aromatic nitrogens is 4. The van der Waals surface area contributed by atoms with E-state index >= 15 is 0 Å². The fraction of sp³-hybridized carbons (Fsp3) is 0.545. The predicted octanol–water partition coefficient (Wildman–Crippen LogP) is 2.03. The number of anilines is 1. The SMILES string of the molecule is CCC(CC)Nc1cc(C)nc2ncnn12. The molecule has 5 nitrogen and oxygen atoms in total. The molecule has 0 aliphatic carbocycles. The van der Waals surface area contributed by atoms with E-state index in [4.69, 9.17) is 0 Å². The van der Waals surface area contributed by atoms with Gasteiger partial charge in [0.1, 0.15) is 12.1 Å². The van der Waals surface area contributed by atoms with Gasteiger partial charge in [0.15, 0.2) is 0 Å². The maximum atomic E-state index is 4.30. The first-order valence-electron chi connectivity index (χ1n) is 5.68. The Hall–Kier alpha value is -1.65. The van der Waals surface area contributed by atoms with Crippen LogP contribution in [-0.2, 0) is 0 Å². The molecule has 0 atom stereocenters. The first-order valence-corrected chi connectivity index (χ1v) is 5.68. The van der Waals surface area contributed by atoms with Crippen LogP contribution in [0.4, 0.5) is 5.82 Å². The first-order chi connectivity index (χ1) is 7.74. The molecule has 0 aromatic carbocycles. The van der Waals surface area contributed by atoms with Crippen LogP contribution in [0.1, 0.15) is 32.4 Å². The van der Waals surface area contributed by atoms with Crippen LogP contribution < -0.4 is 5.32 Å². The fourth-order valence-electron chi connectivity index (χ4n) is 1.74. The molecule has 0 spiro atoms. The molecule has 0 radical (unpaired) electrons. The van der Waals surface area contributed by atoms with Crippen molar-refractivity contribution in [3.63, 3.8) is 0 Å². The van der Waals surface area contributed by atoms with Gasteiger partial charge in [0, 0.05) is 17.8 Å². The van der Waals surface area contributed by atoms with Crippen LogP contribution in [0.3, 0.4) is 0 Å². The zero-order valence-electron chi connectivity index (χ0n) is 9.94. The number of nitrogens with zero attached hydrogens (tertiary/aromatic N) is 4. The third kappa shape index (κ3) is 1.98. The number of aryl methyl sites for hydroxylation is 1. The molecule has 16 heavy (non-hydrogen) atoms. The van der Waals surface area contributed by atoms with E-state index < -0.39 is 0 Å². The van der Waals surface area contributed by atoms with Crippen molar-refractivity contribution in [3.8, 4) is 0 Å². The minimum atomic E-state index is 0.467. The molecule has 2 aromatic heterocycles. The highest BCUT2D eigenvalue weighted by Gasteiger charge is 2.08. The standard InChI is InChI=1S/C11H17N5/c1-4-9(5-2)15-10-6-8(3)14-11-12-7-13-16(10)11/h6-7,9,15H,4-5H2,1-3H3. The van der Waals surface area contributed by atoms with Crippen molar-refractivity contribution in [1.29, 1.82) is 0 Å². The Kier molecular flexibility index (Phi) is 3.03. The van der Waals surface area contributed by atoms with Gasteiger partial charge in [-0.05, 0) is 19.8 Å². The predicted molar refractivity (Wildman–Crippen MR) is 63.5 cm³/mol. The van der Waals surface area contributed by atoms with Gasteiger partial charge >= 0.3 is 0 Å². The second-order valence-electron chi connectivity index (χ2n) is 3.91. The topological polar surface area (TPSA) is 55.1 Å². The molecule has 0 amide bonds. The highest BCUT2D eigenvalue weighted by molar-refractivity contribution is 5.45. The van der Waals surface area contributed by atoms with Gasteiger partial charge in [0.25, 0.3) is 5.78 Å². The summed E-state index contributed by atoms with van der Waals surface area (Å²) in [6, 6.07) is 2.47. The van der Waals surface area contributed by atoms with Crippen LogP contribution in [0, 0.1) is 6.92 Å². The quantitative estimate of drug-likeness (QED) is 0.854. The average molecular weight is 219 g/mol. The van der Waals surface area contributed by atoms with Crippen molar-refractivity contribution < 1.29 is 0 Å². The lowest BCUT2D eigenvalue weighted by Gasteiger charge is -2.16. The van der Waals surface area contributed by atoms with Crippen molar-refractivity contribution in [1.82, 2.24) is 19.6 Å². The summed E-state index contributed by atoms with van der Waals surface area (Å²) in [6.07, 6.45) is 3.71. The molecule has 0 aliphatic rings. The van der Waals surface area contributed by atoms with Gasteiger partial charge in [-0.2, -0.15) is 14.6 Å². The Morgan fingerprint density at radius 1 is 1.38 bits per heavy atom.